The Morgan fingerprint density at radius 3 is 1.27 bits per heavy atom. The third-order valence-electron chi connectivity index (χ3n) is 14.1. The van der Waals surface area contributed by atoms with Gasteiger partial charge in [0.25, 0.3) is 0 Å². The first-order valence-corrected chi connectivity index (χ1v) is 30.0. The minimum absolute atomic E-state index is 0.127. The number of nitrogens with two attached hydrogens (primary N) is 1. The topological polar surface area (TPSA) is 530 Å². The molecule has 4 rings (SSSR count). The maximum Gasteiger partial charge on any atom is 0.327 e. The predicted molar refractivity (Wildman–Crippen MR) is 334 cm³/mol. The molecule has 0 aliphatic carbocycles. The van der Waals surface area contributed by atoms with Gasteiger partial charge in [0.1, 0.15) is 54.4 Å². The maximum atomic E-state index is 14.7. The number of aromatic amines is 2. The fourth-order valence-electron chi connectivity index (χ4n) is 9.03. The number of amides is 11. The Labute approximate surface area is 536 Å². The van der Waals surface area contributed by atoms with E-state index in [-0.39, 0.29) is 24.3 Å². The summed E-state index contributed by atoms with van der Waals surface area (Å²) in [7, 11) is 0. The SMILES string of the molecule is CC(C)[C@H](NC(=O)CNC(=O)[C@@H](NC(=O)[C@H](CO)NC(=O)[C@H](CCC(=O)O)NC(=O)[C@@H](N)CS)C(C)C)C(=O)NCC(=O)N[C@@H](CC(=O)O)C(=O)N[C@@H](Cc1c[nH]c2ccccc12)C(=O)N[C@@H](Cc1c[nH]c2ccccc12)C(=O)N[C@@H](CO)C(=O)N[C@@H](CS)C(=O)O. The highest BCUT2D eigenvalue weighted by molar-refractivity contribution is 7.80. The highest BCUT2D eigenvalue weighted by atomic mass is 32.1. The Balaban J connectivity index is 1.47. The van der Waals surface area contributed by atoms with Crippen LogP contribution in [0.25, 0.3) is 21.8 Å². The molecule has 0 radical (unpaired) electrons. The highest BCUT2D eigenvalue weighted by Crippen LogP contribution is 2.22. The molecule has 502 valence electrons. The van der Waals surface area contributed by atoms with Crippen LogP contribution in [0.2, 0.25) is 0 Å². The van der Waals surface area contributed by atoms with Crippen LogP contribution < -0.4 is 64.2 Å². The molecule has 2 heterocycles. The summed E-state index contributed by atoms with van der Waals surface area (Å²) in [5.74, 6) is -17.6. The van der Waals surface area contributed by atoms with Crippen LogP contribution >= 0.6 is 25.3 Å². The smallest absolute Gasteiger partial charge is 0.327 e. The first-order chi connectivity index (χ1) is 43.5. The Kier molecular flexibility index (Phi) is 29.8. The standard InChI is InChI=1S/C57H78N14O19S2/c1-26(2)46(70-43(75)21-62-56(88)47(27(3)4)71-54(86)40(23-73)67-49(81)35(13-14-44(76)77)64-48(80)32(58)24-91)55(87)61-20-42(74)63-38(17-45(78)79)52(84)66-36(15-28-18-59-33-11-7-5-9-30(28)33)50(82)65-37(16-29-19-60-34-12-8-6-10-31(29)34)51(83)68-39(22-72)53(85)69-41(25-92)57(89)90/h5-12,18-19,26-27,32,35-41,46-47,59-60,72-73,91-92H,13-17,20-25,58H2,1-4H3,(H,61,87)(H,62,88)(H,63,74)(H,64,80)(H,65,82)(H,66,84)(H,67,81)(H,68,83)(H,69,85)(H,70,75)(H,71,86)(H,76,77)(H,78,79)(H,89,90)/t32-,35-,36-,37-,38-,39-,40-,41-,46-,47-/m0/s1. The molecule has 92 heavy (non-hydrogen) atoms. The van der Waals surface area contributed by atoms with Crippen LogP contribution in [0, 0.1) is 11.8 Å². The fraction of sp³-hybridized carbons (Fsp3) is 0.474. The van der Waals surface area contributed by atoms with Crippen molar-refractivity contribution in [3.63, 3.8) is 0 Å². The number of carboxylic acids is 3. The van der Waals surface area contributed by atoms with Crippen LogP contribution in [-0.2, 0) is 80.0 Å². The summed E-state index contributed by atoms with van der Waals surface area (Å²) in [4.78, 5) is 190. The molecule has 0 saturated heterocycles. The molecule has 33 nitrogen and oxygen atoms in total. The van der Waals surface area contributed by atoms with E-state index in [4.69, 9.17) is 10.8 Å². The minimum atomic E-state index is -1.93. The van der Waals surface area contributed by atoms with Gasteiger partial charge in [-0.3, -0.25) is 62.3 Å². The average molecular weight is 1330 g/mol. The number of aromatic nitrogens is 2. The molecule has 11 amide bonds. The van der Waals surface area contributed by atoms with E-state index in [1.807, 2.05) is 0 Å². The first-order valence-electron chi connectivity index (χ1n) is 28.7. The van der Waals surface area contributed by atoms with Gasteiger partial charge in [-0.2, -0.15) is 25.3 Å². The van der Waals surface area contributed by atoms with Gasteiger partial charge in [-0.15, -0.1) is 0 Å². The Morgan fingerprint density at radius 1 is 0.457 bits per heavy atom. The lowest BCUT2D eigenvalue weighted by atomic mass is 10.0. The van der Waals surface area contributed by atoms with Crippen molar-refractivity contribution < 1.29 is 92.7 Å². The normalized spacial score (nSPS) is 14.5. The molecule has 2 aromatic carbocycles. The molecule has 0 unspecified atom stereocenters. The van der Waals surface area contributed by atoms with E-state index in [1.54, 1.807) is 60.9 Å². The first kappa shape index (κ1) is 75.1. The van der Waals surface area contributed by atoms with E-state index in [9.17, 15) is 87.5 Å². The number of hydrogen-bond acceptors (Lipinski definition) is 19. The van der Waals surface area contributed by atoms with Crippen molar-refractivity contribution in [2.45, 2.75) is 120 Å². The molecule has 0 spiro atoms. The van der Waals surface area contributed by atoms with Gasteiger partial charge < -0.3 is 99.7 Å². The van der Waals surface area contributed by atoms with Crippen molar-refractivity contribution >= 4 is 130 Å². The lowest BCUT2D eigenvalue weighted by molar-refractivity contribution is -0.142. The van der Waals surface area contributed by atoms with E-state index >= 15 is 0 Å². The van der Waals surface area contributed by atoms with E-state index in [0.29, 0.717) is 32.9 Å². The average Bonchev–Trinajstić information content (AvgIpc) is 1.92. The number of benzene rings is 2. The molecular weight excluding hydrogens is 1250 g/mol. The number of rotatable bonds is 38. The minimum Gasteiger partial charge on any atom is -0.481 e. The molecule has 0 aliphatic rings. The monoisotopic (exact) mass is 1330 g/mol. The molecule has 0 bridgehead atoms. The van der Waals surface area contributed by atoms with Crippen LogP contribution in [0.1, 0.15) is 58.1 Å². The zero-order chi connectivity index (χ0) is 68.5. The number of thiol groups is 2. The number of fused-ring (bicyclic) bond motifs is 2. The van der Waals surface area contributed by atoms with Gasteiger partial charge in [0.2, 0.25) is 65.0 Å². The predicted octanol–water partition coefficient (Wildman–Crippen LogP) is -5.06. The second-order valence-electron chi connectivity index (χ2n) is 21.8. The number of aliphatic carboxylic acids is 3. The second kappa shape index (κ2) is 36.5. The molecule has 2 aromatic heterocycles. The van der Waals surface area contributed by atoms with Crippen LogP contribution in [0.4, 0.5) is 0 Å². The number of para-hydroxylation sites is 2. The van der Waals surface area contributed by atoms with Gasteiger partial charge in [0, 0.05) is 65.0 Å². The second-order valence-corrected chi connectivity index (χ2v) is 22.5. The molecule has 20 N–H and O–H groups in total. The summed E-state index contributed by atoms with van der Waals surface area (Å²) in [6, 6.07) is -1.84. The number of H-pyrrole nitrogens is 2. The third kappa shape index (κ3) is 22.9. The largest absolute Gasteiger partial charge is 0.481 e. The van der Waals surface area contributed by atoms with E-state index in [2.05, 4.69) is 93.7 Å². The Hall–Kier alpha value is -9.32. The summed E-state index contributed by atoms with van der Waals surface area (Å²) in [5.41, 5.74) is 7.86. The molecule has 0 aliphatic heterocycles. The number of hydrogen-bond donors (Lipinski definition) is 21. The van der Waals surface area contributed by atoms with Crippen LogP contribution in [0.5, 0.6) is 0 Å². The number of carbonyl (C=O) groups excluding carboxylic acids is 11. The van der Waals surface area contributed by atoms with E-state index in [0.717, 1.165) is 0 Å². The maximum absolute atomic E-state index is 14.7. The van der Waals surface area contributed by atoms with Gasteiger partial charge in [-0.05, 0) is 41.5 Å². The van der Waals surface area contributed by atoms with Crippen LogP contribution in [-0.4, -0.2) is 217 Å². The van der Waals surface area contributed by atoms with Crippen molar-refractivity contribution in [1.82, 2.24) is 68.5 Å². The summed E-state index contributed by atoms with van der Waals surface area (Å²) < 4.78 is 0. The highest BCUT2D eigenvalue weighted by Gasteiger charge is 2.36. The Morgan fingerprint density at radius 2 is 0.848 bits per heavy atom. The number of carbonyl (C=O) groups is 14. The van der Waals surface area contributed by atoms with Crippen molar-refractivity contribution in [2.75, 3.05) is 37.8 Å². The van der Waals surface area contributed by atoms with E-state index < -0.39 is 201 Å². The van der Waals surface area contributed by atoms with Gasteiger partial charge in [-0.25, -0.2) is 4.79 Å². The van der Waals surface area contributed by atoms with Gasteiger partial charge in [0.05, 0.1) is 38.8 Å². The number of aliphatic hydroxyl groups excluding tert-OH is 2. The molecule has 35 heteroatoms. The number of carboxylic acid groups (broad SMARTS) is 3. The quantitative estimate of drug-likeness (QED) is 0.0187. The van der Waals surface area contributed by atoms with Crippen molar-refractivity contribution in [2.24, 2.45) is 17.6 Å². The molecule has 0 saturated carbocycles. The number of nitrogens with one attached hydrogen (secondary N) is 13. The zero-order valence-corrected chi connectivity index (χ0v) is 52.2. The van der Waals surface area contributed by atoms with Crippen molar-refractivity contribution in [1.29, 1.82) is 0 Å². The molecule has 4 aromatic rings. The lowest BCUT2D eigenvalue weighted by Crippen LogP contribution is -2.60. The van der Waals surface area contributed by atoms with Gasteiger partial charge in [-0.1, -0.05) is 64.1 Å². The summed E-state index contributed by atoms with van der Waals surface area (Å²) in [6.45, 7) is 2.33. The summed E-state index contributed by atoms with van der Waals surface area (Å²) >= 11 is 7.85. The third-order valence-corrected chi connectivity index (χ3v) is 14.9. The molecule has 10 atom stereocenters. The van der Waals surface area contributed by atoms with Crippen molar-refractivity contribution in [3.8, 4) is 0 Å². The molecular formula is C57H78N14O19S2. The summed E-state index contributed by atoms with van der Waals surface area (Å²) in [5, 5.41) is 75.7. The van der Waals surface area contributed by atoms with Crippen LogP contribution in [0.3, 0.4) is 0 Å². The van der Waals surface area contributed by atoms with E-state index in [1.165, 1.54) is 27.7 Å². The number of aliphatic hydroxyl groups is 2. The Bertz CT molecular complexity index is 3320. The van der Waals surface area contributed by atoms with Gasteiger partial charge >= 0.3 is 17.9 Å². The van der Waals surface area contributed by atoms with Crippen molar-refractivity contribution in [3.05, 3.63) is 72.1 Å². The van der Waals surface area contributed by atoms with Gasteiger partial charge in [0.15, 0.2) is 0 Å². The fourth-order valence-corrected chi connectivity index (χ4v) is 9.44. The molecule has 0 fully saturated rings. The summed E-state index contributed by atoms with van der Waals surface area (Å²) in [6.07, 6.45) is 0.436. The van der Waals surface area contributed by atoms with Crippen LogP contribution in [0.15, 0.2) is 60.9 Å². The lowest BCUT2D eigenvalue weighted by Gasteiger charge is -2.26. The zero-order valence-electron chi connectivity index (χ0n) is 50.4.